The molecular formula is C23H25ClFN5OS. The first-order valence-corrected chi connectivity index (χ1v) is 11.9. The maximum atomic E-state index is 13.3. The summed E-state index contributed by atoms with van der Waals surface area (Å²) >= 11 is 7.39. The zero-order valence-electron chi connectivity index (χ0n) is 17.8. The lowest BCUT2D eigenvalue weighted by atomic mass is 10.2. The van der Waals surface area contributed by atoms with Gasteiger partial charge in [0.05, 0.1) is 29.0 Å². The molecule has 32 heavy (non-hydrogen) atoms. The van der Waals surface area contributed by atoms with E-state index in [1.54, 1.807) is 6.92 Å². The molecule has 2 heterocycles. The van der Waals surface area contributed by atoms with Gasteiger partial charge in [-0.2, -0.15) is 0 Å². The second kappa shape index (κ2) is 10.5. The molecule has 1 fully saturated rings. The van der Waals surface area contributed by atoms with Crippen molar-refractivity contribution in [1.29, 1.82) is 0 Å². The lowest BCUT2D eigenvalue weighted by molar-refractivity contribution is -0.115. The number of hydrogen-bond donors (Lipinski definition) is 1. The molecule has 0 unspecified atom stereocenters. The van der Waals surface area contributed by atoms with Gasteiger partial charge >= 0.3 is 0 Å². The number of amides is 1. The van der Waals surface area contributed by atoms with Gasteiger partial charge in [0, 0.05) is 0 Å². The van der Waals surface area contributed by atoms with Crippen LogP contribution in [0.25, 0.3) is 0 Å². The lowest BCUT2D eigenvalue weighted by Crippen LogP contribution is -2.24. The standard InChI is InChI=1S/C23H25ClFN5OS/c1-16(22(31)26-20-10-9-18(25)13-19(20)24)32-23-28-27-21(15-29-11-5-6-12-29)30(23)14-17-7-3-2-4-8-17/h2-4,7-10,13,16H,5-6,11-12,14-15H2,1H3,(H,26,31)/t16-/m1/s1. The molecule has 1 aliphatic rings. The van der Waals surface area contributed by atoms with Crippen molar-refractivity contribution in [2.75, 3.05) is 18.4 Å². The van der Waals surface area contributed by atoms with E-state index in [4.69, 9.17) is 11.6 Å². The predicted octanol–water partition coefficient (Wildman–Crippen LogP) is 4.83. The highest BCUT2D eigenvalue weighted by Crippen LogP contribution is 2.27. The summed E-state index contributed by atoms with van der Waals surface area (Å²) in [5.41, 5.74) is 1.53. The van der Waals surface area contributed by atoms with Gasteiger partial charge in [-0.25, -0.2) is 4.39 Å². The average molecular weight is 474 g/mol. The molecule has 0 spiro atoms. The number of carbonyl (C=O) groups is 1. The maximum Gasteiger partial charge on any atom is 0.237 e. The number of aromatic nitrogens is 3. The van der Waals surface area contributed by atoms with Crippen LogP contribution < -0.4 is 5.32 Å². The second-order valence-corrected chi connectivity index (χ2v) is 9.54. The molecule has 3 aromatic rings. The van der Waals surface area contributed by atoms with Crippen molar-refractivity contribution < 1.29 is 9.18 Å². The summed E-state index contributed by atoms with van der Waals surface area (Å²) in [6.07, 6.45) is 2.41. The Morgan fingerprint density at radius 3 is 2.62 bits per heavy atom. The number of hydrogen-bond acceptors (Lipinski definition) is 5. The molecule has 168 valence electrons. The number of likely N-dealkylation sites (tertiary alicyclic amines) is 1. The second-order valence-electron chi connectivity index (χ2n) is 7.83. The van der Waals surface area contributed by atoms with Crippen LogP contribution in [-0.2, 0) is 17.9 Å². The van der Waals surface area contributed by atoms with E-state index in [0.29, 0.717) is 17.4 Å². The van der Waals surface area contributed by atoms with Crippen molar-refractivity contribution in [2.24, 2.45) is 0 Å². The minimum absolute atomic E-state index is 0.163. The third-order valence-corrected chi connectivity index (χ3v) is 6.77. The molecule has 1 aromatic heterocycles. The van der Waals surface area contributed by atoms with Gasteiger partial charge in [0.2, 0.25) is 5.91 Å². The molecule has 0 saturated carbocycles. The number of halogens is 2. The molecule has 1 saturated heterocycles. The highest BCUT2D eigenvalue weighted by Gasteiger charge is 2.23. The topological polar surface area (TPSA) is 63.1 Å². The highest BCUT2D eigenvalue weighted by molar-refractivity contribution is 8.00. The monoisotopic (exact) mass is 473 g/mol. The predicted molar refractivity (Wildman–Crippen MR) is 125 cm³/mol. The molecule has 4 rings (SSSR count). The van der Waals surface area contributed by atoms with Gasteiger partial charge in [0.25, 0.3) is 0 Å². The average Bonchev–Trinajstić information content (AvgIpc) is 3.42. The van der Waals surface area contributed by atoms with Crippen molar-refractivity contribution in [1.82, 2.24) is 19.7 Å². The summed E-state index contributed by atoms with van der Waals surface area (Å²) in [5, 5.41) is 12.0. The molecular weight excluding hydrogens is 449 g/mol. The Balaban J connectivity index is 1.50. The number of benzene rings is 2. The van der Waals surface area contributed by atoms with Gasteiger partial charge in [0.15, 0.2) is 5.16 Å². The Morgan fingerprint density at radius 2 is 1.91 bits per heavy atom. The molecule has 0 radical (unpaired) electrons. The third kappa shape index (κ3) is 5.68. The van der Waals surface area contributed by atoms with Crippen molar-refractivity contribution in [2.45, 2.75) is 43.3 Å². The largest absolute Gasteiger partial charge is 0.324 e. The molecule has 0 bridgehead atoms. The van der Waals surface area contributed by atoms with E-state index in [-0.39, 0.29) is 10.9 Å². The summed E-state index contributed by atoms with van der Waals surface area (Å²) in [4.78, 5) is 15.1. The van der Waals surface area contributed by atoms with Crippen LogP contribution in [0, 0.1) is 5.82 Å². The first-order chi connectivity index (χ1) is 15.5. The van der Waals surface area contributed by atoms with Crippen molar-refractivity contribution in [3.05, 3.63) is 70.8 Å². The molecule has 9 heteroatoms. The summed E-state index contributed by atoms with van der Waals surface area (Å²) in [7, 11) is 0. The van der Waals surface area contributed by atoms with Crippen LogP contribution in [-0.4, -0.2) is 43.9 Å². The minimum atomic E-state index is -0.450. The summed E-state index contributed by atoms with van der Waals surface area (Å²) in [6, 6.07) is 14.0. The summed E-state index contributed by atoms with van der Waals surface area (Å²) < 4.78 is 15.4. The van der Waals surface area contributed by atoms with Crippen molar-refractivity contribution in [3.63, 3.8) is 0 Å². The molecule has 1 amide bonds. The van der Waals surface area contributed by atoms with Crippen LogP contribution in [0.1, 0.15) is 31.2 Å². The molecule has 1 atom stereocenters. The van der Waals surface area contributed by atoms with Gasteiger partial charge in [0.1, 0.15) is 11.6 Å². The SMILES string of the molecule is C[C@@H](Sc1nnc(CN2CCCC2)n1Cc1ccccc1)C(=O)Nc1ccc(F)cc1Cl. The number of thioether (sulfide) groups is 1. The first kappa shape index (κ1) is 22.8. The van der Waals surface area contributed by atoms with Crippen molar-refractivity contribution >= 4 is 35.0 Å². The Morgan fingerprint density at radius 1 is 1.16 bits per heavy atom. The van der Waals surface area contributed by atoms with Gasteiger partial charge in [-0.15, -0.1) is 10.2 Å². The van der Waals surface area contributed by atoms with Crippen LogP contribution >= 0.6 is 23.4 Å². The van der Waals surface area contributed by atoms with Gasteiger partial charge < -0.3 is 9.88 Å². The fraction of sp³-hybridized carbons (Fsp3) is 0.348. The van der Waals surface area contributed by atoms with E-state index in [0.717, 1.165) is 31.0 Å². The van der Waals surface area contributed by atoms with Crippen LogP contribution in [0.3, 0.4) is 0 Å². The van der Waals surface area contributed by atoms with E-state index in [1.807, 2.05) is 18.2 Å². The van der Waals surface area contributed by atoms with E-state index < -0.39 is 11.1 Å². The van der Waals surface area contributed by atoms with Gasteiger partial charge in [-0.3, -0.25) is 9.69 Å². The van der Waals surface area contributed by atoms with Crippen molar-refractivity contribution in [3.8, 4) is 0 Å². The smallest absolute Gasteiger partial charge is 0.237 e. The van der Waals surface area contributed by atoms with E-state index in [1.165, 1.54) is 42.8 Å². The summed E-state index contributed by atoms with van der Waals surface area (Å²) in [6.45, 7) is 5.32. The minimum Gasteiger partial charge on any atom is -0.324 e. The fourth-order valence-corrected chi connectivity index (χ4v) is 4.71. The Bertz CT molecular complexity index is 1070. The highest BCUT2D eigenvalue weighted by atomic mass is 35.5. The molecule has 1 N–H and O–H groups in total. The van der Waals surface area contributed by atoms with Gasteiger partial charge in [-0.1, -0.05) is 53.7 Å². The number of nitrogens with one attached hydrogen (secondary N) is 1. The molecule has 1 aliphatic heterocycles. The van der Waals surface area contributed by atoms with Crippen LogP contribution in [0.5, 0.6) is 0 Å². The molecule has 0 aliphatic carbocycles. The quantitative estimate of drug-likeness (QED) is 0.474. The third-order valence-electron chi connectivity index (χ3n) is 5.38. The number of nitrogens with zero attached hydrogens (tertiary/aromatic N) is 4. The number of rotatable bonds is 8. The van der Waals surface area contributed by atoms with Crippen LogP contribution in [0.4, 0.5) is 10.1 Å². The molecule has 2 aromatic carbocycles. The first-order valence-electron chi connectivity index (χ1n) is 10.6. The van der Waals surface area contributed by atoms with E-state index in [9.17, 15) is 9.18 Å². The number of carbonyl (C=O) groups excluding carboxylic acids is 1. The Labute approximate surface area is 196 Å². The zero-order valence-corrected chi connectivity index (χ0v) is 19.4. The normalized spacial score (nSPS) is 15.1. The summed E-state index contributed by atoms with van der Waals surface area (Å²) in [5.74, 6) is 0.210. The van der Waals surface area contributed by atoms with E-state index in [2.05, 4.69) is 37.1 Å². The van der Waals surface area contributed by atoms with Gasteiger partial charge in [-0.05, 0) is 56.6 Å². The molecule has 6 nitrogen and oxygen atoms in total. The maximum absolute atomic E-state index is 13.3. The van der Waals surface area contributed by atoms with Crippen LogP contribution in [0.2, 0.25) is 5.02 Å². The lowest BCUT2D eigenvalue weighted by Gasteiger charge is -2.17. The number of anilines is 1. The fourth-order valence-electron chi connectivity index (χ4n) is 3.63. The Kier molecular flexibility index (Phi) is 7.44. The van der Waals surface area contributed by atoms with Crippen LogP contribution in [0.15, 0.2) is 53.7 Å². The zero-order chi connectivity index (χ0) is 22.5. The Hall–Kier alpha value is -2.42. The van der Waals surface area contributed by atoms with E-state index >= 15 is 0 Å².